The number of rotatable bonds is 16. The zero-order valence-electron chi connectivity index (χ0n) is 69.8. The van der Waals surface area contributed by atoms with Gasteiger partial charge in [-0.25, -0.2) is 19.2 Å². The minimum atomic E-state index is -1.82. The van der Waals surface area contributed by atoms with E-state index in [1.807, 2.05) is 0 Å². The number of benzene rings is 12. The van der Waals surface area contributed by atoms with Crippen molar-refractivity contribution in [3.8, 4) is 138 Å². The average Bonchev–Trinajstić information content (AvgIpc) is 0.723. The Kier molecular flexibility index (Phi) is 19.7. The summed E-state index contributed by atoms with van der Waals surface area (Å²) in [5, 5.41) is 89.3. The molecule has 40 bridgehead atoms. The number of ether oxygens (including phenoxy) is 16. The van der Waals surface area contributed by atoms with Crippen molar-refractivity contribution in [2.45, 2.75) is 128 Å². The lowest BCUT2D eigenvalue weighted by molar-refractivity contribution is -0.138. The molecule has 0 saturated heterocycles. The summed E-state index contributed by atoms with van der Waals surface area (Å²) in [6.45, 7) is 6.37. The number of hydrogen-bond donors (Lipinski definition) is 8. The molecule has 132 heavy (non-hydrogen) atoms. The van der Waals surface area contributed by atoms with Crippen molar-refractivity contribution < 1.29 is 155 Å². The number of carboxylic acids is 8. The second kappa shape index (κ2) is 31.6. The van der Waals surface area contributed by atoms with E-state index in [1.165, 1.54) is 146 Å². The van der Waals surface area contributed by atoms with Crippen molar-refractivity contribution >= 4 is 47.8 Å². The third-order valence-electron chi connectivity index (χ3n) is 24.8. The molecule has 32 nitrogen and oxygen atoms in total. The molecule has 0 aromatic heterocycles. The zero-order chi connectivity index (χ0) is 91.4. The SMILES string of the molecule is Cc1c2cc3cc1Oc1cc(cc(C(=O)O)c1)Oc1cc4cc(c1C)Oc1cc(cc(C(=O)O)c1)Oc1cc5cc(c1C)Oc1cc(cc(C(=O)O)c1)Oc1cc(cc(c1C)Oc1cc(cc(C(=O)O)c1)O2)C1Oc2cc6c7cc2C(CCC(=O)O)c2cc8c(cc2O1)OC5Oc1cc2c(cc1C8CCC(=O)O)C(CCC(=O)O)c1cc(c(cc1OC4O2)OC3O6)C7CCC(=O)O. The molecule has 12 aromatic carbocycles. The molecular weight excluding hydrogens is 1710 g/mol. The van der Waals surface area contributed by atoms with E-state index in [-0.39, 0.29) is 275 Å². The third-order valence-corrected chi connectivity index (χ3v) is 24.8. The van der Waals surface area contributed by atoms with Crippen molar-refractivity contribution in [2.75, 3.05) is 0 Å². The minimum Gasteiger partial charge on any atom is -0.481 e. The number of hydrogen-bond acceptors (Lipinski definition) is 24. The normalized spacial score (nSPS) is 18.3. The summed E-state index contributed by atoms with van der Waals surface area (Å²) in [4.78, 5) is 110. The van der Waals surface area contributed by atoms with Gasteiger partial charge < -0.3 is 117 Å². The van der Waals surface area contributed by atoms with Gasteiger partial charge >= 0.3 is 47.8 Å². The maximum absolute atomic E-state index is 13.7. The molecule has 0 spiro atoms. The lowest BCUT2D eigenvalue weighted by atomic mass is 9.76. The van der Waals surface area contributed by atoms with Gasteiger partial charge in [0.2, 0.25) is 0 Å². The second-order valence-corrected chi connectivity index (χ2v) is 33.3. The van der Waals surface area contributed by atoms with Crippen LogP contribution in [-0.4, -0.2) is 88.6 Å². The molecule has 32 heteroatoms. The minimum absolute atomic E-state index is 0.0331. The van der Waals surface area contributed by atoms with Gasteiger partial charge in [0.1, 0.15) is 138 Å². The molecule has 0 fully saturated rings. The third kappa shape index (κ3) is 15.1. The molecule has 0 unspecified atom stereocenters. The Balaban J connectivity index is 0.996. The van der Waals surface area contributed by atoms with E-state index in [4.69, 9.17) is 75.8 Å². The first-order valence-electron chi connectivity index (χ1n) is 41.9. The Bertz CT molecular complexity index is 5970. The number of aliphatic carboxylic acids is 4. The van der Waals surface area contributed by atoms with Gasteiger partial charge in [-0.2, -0.15) is 0 Å². The highest BCUT2D eigenvalue weighted by Gasteiger charge is 2.44. The van der Waals surface area contributed by atoms with Crippen LogP contribution in [0.3, 0.4) is 0 Å². The smallest absolute Gasteiger partial charge is 0.335 e. The number of fused-ring (bicyclic) bond motifs is 16. The summed E-state index contributed by atoms with van der Waals surface area (Å²) in [7, 11) is 0. The monoisotopic (exact) mass is 1780 g/mol. The van der Waals surface area contributed by atoms with Gasteiger partial charge in [-0.05, 0) is 175 Å². The van der Waals surface area contributed by atoms with Crippen LogP contribution in [0.15, 0.2) is 170 Å². The molecule has 8 heterocycles. The zero-order valence-corrected chi connectivity index (χ0v) is 69.8. The molecule has 0 atom stereocenters. The maximum Gasteiger partial charge on any atom is 0.335 e. The molecule has 1 aliphatic carbocycles. The van der Waals surface area contributed by atoms with Gasteiger partial charge in [-0.15, -0.1) is 0 Å². The molecule has 0 saturated carbocycles. The second-order valence-electron chi connectivity index (χ2n) is 33.3. The molecule has 9 aliphatic rings. The lowest BCUT2D eigenvalue weighted by Crippen LogP contribution is -2.26. The van der Waals surface area contributed by atoms with Gasteiger partial charge in [-0.1, -0.05) is 0 Å². The van der Waals surface area contributed by atoms with E-state index in [0.29, 0.717) is 0 Å². The Morgan fingerprint density at radius 1 is 0.205 bits per heavy atom. The first-order chi connectivity index (χ1) is 63.4. The van der Waals surface area contributed by atoms with Crippen molar-refractivity contribution in [3.63, 3.8) is 0 Å². The standard InChI is InChI=1S/C100H72O32/c1-41-73-21-49-22-74(41)118-54-14-46(94(111)112)16-56(30-54)120-76-24-51-26-78(43(76)3)122-58-18-48(96(115)116)20-60(32-58)124-80-28-52-27-79(44(80)4)123-59-19-47(95(113)114)17-57(31-59)121-77-25-50(23-75(42(77)2)119-55-15-45(93(109)110)13-53(29-55)117-73)98-127-83-37-81-65-33-67(83)62(6-10-90(103)104)69-35-71-64(8-12-92(107)108)72-36-70-63(7-11-91(105)106)68-34-66(61(65)5-9-89(101)102)82(126-97(49)125-81)38-84(68)128-99(51)130-86(70)40-88(72)132-100(52)131-87(71)39-85(69)129-98/h13-40,61-64,97-100H,5-12H2,1-4H3,(H,101,102)(H,103,104)(H,105,106)(H,107,108)(H,109,110)(H,111,112)(H,113,114)(H,115,116). The van der Waals surface area contributed by atoms with Gasteiger partial charge in [0.15, 0.2) is 0 Å². The Labute approximate surface area is 746 Å². The fourth-order valence-corrected chi connectivity index (χ4v) is 18.3. The van der Waals surface area contributed by atoms with Crippen LogP contribution < -0.4 is 75.8 Å². The van der Waals surface area contributed by atoms with E-state index in [1.54, 1.807) is 52.0 Å². The molecular formula is C100H72O32. The fraction of sp³-hybridized carbons (Fsp3) is 0.200. The summed E-state index contributed by atoms with van der Waals surface area (Å²) in [6, 6.07) is 40.3. The quantitative estimate of drug-likeness (QED) is 0.0445. The van der Waals surface area contributed by atoms with Crippen molar-refractivity contribution in [1.82, 2.24) is 0 Å². The molecule has 8 N–H and O–H groups in total. The molecule has 0 radical (unpaired) electrons. The van der Waals surface area contributed by atoms with Crippen LogP contribution in [0.4, 0.5) is 0 Å². The van der Waals surface area contributed by atoms with Gasteiger partial charge in [0.25, 0.3) is 25.2 Å². The Morgan fingerprint density at radius 3 is 0.492 bits per heavy atom. The molecule has 21 rings (SSSR count). The largest absolute Gasteiger partial charge is 0.481 e. The van der Waals surface area contributed by atoms with Crippen LogP contribution in [0.2, 0.25) is 0 Å². The van der Waals surface area contributed by atoms with Crippen molar-refractivity contribution in [3.05, 3.63) is 281 Å². The van der Waals surface area contributed by atoms with E-state index in [2.05, 4.69) is 0 Å². The van der Waals surface area contributed by atoms with Crippen LogP contribution in [0.25, 0.3) is 0 Å². The highest BCUT2D eigenvalue weighted by atomic mass is 16.7. The summed E-state index contributed by atoms with van der Waals surface area (Å²) < 4.78 is 116. The topological polar surface area (TPSA) is 446 Å². The molecule has 12 aromatic rings. The van der Waals surface area contributed by atoms with Crippen LogP contribution in [0, 0.1) is 27.7 Å². The number of carbonyl (C=O) groups is 8. The predicted molar refractivity (Wildman–Crippen MR) is 456 cm³/mol. The molecule has 8 aliphatic heterocycles. The highest BCUT2D eigenvalue weighted by Crippen LogP contribution is 2.61. The maximum atomic E-state index is 13.7. The number of carboxylic acid groups (broad SMARTS) is 8. The highest BCUT2D eigenvalue weighted by molar-refractivity contribution is 5.91. The van der Waals surface area contributed by atoms with Crippen LogP contribution in [0.1, 0.15) is 231 Å². The lowest BCUT2D eigenvalue weighted by Gasteiger charge is -2.38. The van der Waals surface area contributed by atoms with Gasteiger partial charge in [0.05, 0.1) is 22.3 Å². The number of aromatic carboxylic acids is 4. The Morgan fingerprint density at radius 2 is 0.356 bits per heavy atom. The summed E-state index contributed by atoms with van der Waals surface area (Å²) >= 11 is 0. The van der Waals surface area contributed by atoms with Crippen LogP contribution in [-0.2, 0) is 19.2 Å². The van der Waals surface area contributed by atoms with Crippen molar-refractivity contribution in [2.24, 2.45) is 0 Å². The van der Waals surface area contributed by atoms with Crippen LogP contribution in [0.5, 0.6) is 138 Å². The van der Waals surface area contributed by atoms with Gasteiger partial charge in [0, 0.05) is 187 Å². The predicted octanol–water partition coefficient (Wildman–Crippen LogP) is 21.5. The van der Waals surface area contributed by atoms with E-state index in [0.717, 1.165) is 0 Å². The van der Waals surface area contributed by atoms with Crippen molar-refractivity contribution in [1.29, 1.82) is 0 Å². The van der Waals surface area contributed by atoms with Gasteiger partial charge in [-0.3, -0.25) is 19.2 Å². The summed E-state index contributed by atoms with van der Waals surface area (Å²) in [6.07, 6.45) is -10.7. The summed E-state index contributed by atoms with van der Waals surface area (Å²) in [5.74, 6) is -18.6. The molecule has 0 amide bonds. The fourth-order valence-electron chi connectivity index (χ4n) is 18.3. The average molecular weight is 1790 g/mol. The first kappa shape index (κ1) is 82.2. The Hall–Kier alpha value is -16.8. The summed E-state index contributed by atoms with van der Waals surface area (Å²) in [5.41, 5.74) is 0.999. The van der Waals surface area contributed by atoms with E-state index < -0.39 is 122 Å². The first-order valence-corrected chi connectivity index (χ1v) is 41.9. The van der Waals surface area contributed by atoms with E-state index >= 15 is 0 Å². The molecule has 664 valence electrons. The van der Waals surface area contributed by atoms with E-state index in [9.17, 15) is 79.2 Å². The van der Waals surface area contributed by atoms with Crippen LogP contribution >= 0.6 is 0 Å².